The predicted molar refractivity (Wildman–Crippen MR) is 213 cm³/mol. The molecule has 0 amide bonds. The van der Waals surface area contributed by atoms with Crippen LogP contribution in [0, 0.1) is 0 Å². The molecule has 0 aliphatic heterocycles. The van der Waals surface area contributed by atoms with E-state index in [-0.39, 0.29) is 0 Å². The monoisotopic (exact) mass is 634 g/mol. The Kier molecular flexibility index (Phi) is 5.70. The van der Waals surface area contributed by atoms with Gasteiger partial charge in [-0.1, -0.05) is 133 Å². The van der Waals surface area contributed by atoms with Crippen LogP contribution in [-0.4, -0.2) is 9.13 Å². The van der Waals surface area contributed by atoms with Gasteiger partial charge in [0.25, 0.3) is 0 Å². The molecule has 0 bridgehead atoms. The van der Waals surface area contributed by atoms with Gasteiger partial charge in [-0.15, -0.1) is 0 Å². The molecule has 11 aromatic rings. The highest BCUT2D eigenvalue weighted by Crippen LogP contribution is 2.42. The minimum Gasteiger partial charge on any atom is -0.309 e. The summed E-state index contributed by atoms with van der Waals surface area (Å²) < 4.78 is 4.88. The van der Waals surface area contributed by atoms with Crippen LogP contribution in [0.5, 0.6) is 0 Å². The molecule has 50 heavy (non-hydrogen) atoms. The van der Waals surface area contributed by atoms with Crippen molar-refractivity contribution in [3.05, 3.63) is 182 Å². The van der Waals surface area contributed by atoms with Crippen molar-refractivity contribution in [2.75, 3.05) is 0 Å². The summed E-state index contributed by atoms with van der Waals surface area (Å²) >= 11 is 0. The molecule has 0 saturated heterocycles. The van der Waals surface area contributed by atoms with E-state index >= 15 is 0 Å². The lowest BCUT2D eigenvalue weighted by molar-refractivity contribution is 1.17. The van der Waals surface area contributed by atoms with Gasteiger partial charge in [0.1, 0.15) is 0 Å². The van der Waals surface area contributed by atoms with Crippen LogP contribution in [0.2, 0.25) is 0 Å². The van der Waals surface area contributed by atoms with Gasteiger partial charge in [0.05, 0.1) is 22.1 Å². The van der Waals surface area contributed by atoms with Gasteiger partial charge in [-0.2, -0.15) is 0 Å². The average Bonchev–Trinajstić information content (AvgIpc) is 3.71. The lowest BCUT2D eigenvalue weighted by atomic mass is 9.92. The highest BCUT2D eigenvalue weighted by Gasteiger charge is 2.20. The average molecular weight is 635 g/mol. The second-order valence-corrected chi connectivity index (χ2v) is 13.3. The van der Waals surface area contributed by atoms with Crippen LogP contribution < -0.4 is 0 Å². The molecular weight excluding hydrogens is 605 g/mol. The number of hydrogen-bond donors (Lipinski definition) is 0. The molecule has 0 aliphatic rings. The van der Waals surface area contributed by atoms with Crippen molar-refractivity contribution < 1.29 is 0 Å². The number of hydrogen-bond acceptors (Lipinski definition) is 0. The second-order valence-electron chi connectivity index (χ2n) is 13.3. The number of aromatic nitrogens is 2. The first kappa shape index (κ1) is 27.3. The topological polar surface area (TPSA) is 9.86 Å². The molecule has 0 aliphatic carbocycles. The minimum absolute atomic E-state index is 1.15. The molecule has 0 radical (unpaired) electrons. The fraction of sp³-hybridized carbons (Fsp3) is 0. The summed E-state index contributed by atoms with van der Waals surface area (Å²) in [5, 5.41) is 12.8. The van der Waals surface area contributed by atoms with Gasteiger partial charge in [-0.3, -0.25) is 0 Å². The molecule has 2 nitrogen and oxygen atoms in total. The van der Waals surface area contributed by atoms with Gasteiger partial charge in [0.15, 0.2) is 0 Å². The molecule has 2 aromatic heterocycles. The Hall–Kier alpha value is -6.64. The molecule has 0 fully saturated rings. The molecule has 11 rings (SSSR count). The quantitative estimate of drug-likeness (QED) is 0.171. The third-order valence-corrected chi connectivity index (χ3v) is 10.7. The maximum absolute atomic E-state index is 2.47. The second kappa shape index (κ2) is 10.4. The number of rotatable bonds is 3. The third kappa shape index (κ3) is 3.79. The zero-order valence-corrected chi connectivity index (χ0v) is 27.2. The first-order valence-electron chi connectivity index (χ1n) is 17.3. The van der Waals surface area contributed by atoms with E-state index in [0.717, 1.165) is 5.69 Å². The van der Waals surface area contributed by atoms with E-state index in [9.17, 15) is 0 Å². The van der Waals surface area contributed by atoms with Crippen LogP contribution in [0.1, 0.15) is 0 Å². The highest BCUT2D eigenvalue weighted by molar-refractivity contribution is 6.27. The normalized spacial score (nSPS) is 12.0. The lowest BCUT2D eigenvalue weighted by Gasteiger charge is -2.13. The van der Waals surface area contributed by atoms with Crippen molar-refractivity contribution in [3.8, 4) is 22.5 Å². The van der Waals surface area contributed by atoms with Gasteiger partial charge < -0.3 is 9.13 Å². The molecule has 0 saturated carbocycles. The summed E-state index contributed by atoms with van der Waals surface area (Å²) in [5.74, 6) is 0. The number of benzene rings is 9. The summed E-state index contributed by atoms with van der Waals surface area (Å²) in [7, 11) is 0. The van der Waals surface area contributed by atoms with E-state index in [1.165, 1.54) is 92.7 Å². The molecule has 2 heterocycles. The first-order valence-corrected chi connectivity index (χ1v) is 17.3. The van der Waals surface area contributed by atoms with E-state index in [1.807, 2.05) is 0 Å². The number of nitrogens with zero attached hydrogens (tertiary/aromatic N) is 2. The van der Waals surface area contributed by atoms with Crippen LogP contribution in [0.3, 0.4) is 0 Å². The summed E-state index contributed by atoms with van der Waals surface area (Å²) in [4.78, 5) is 0. The van der Waals surface area contributed by atoms with Crippen molar-refractivity contribution in [2.45, 2.75) is 0 Å². The minimum atomic E-state index is 1.15. The van der Waals surface area contributed by atoms with Crippen LogP contribution in [0.25, 0.3) is 98.4 Å². The fourth-order valence-corrected chi connectivity index (χ4v) is 8.52. The van der Waals surface area contributed by atoms with Crippen LogP contribution >= 0.6 is 0 Å². The molecule has 9 aromatic carbocycles. The number of para-hydroxylation sites is 3. The molecule has 0 spiro atoms. The first-order chi connectivity index (χ1) is 24.8. The van der Waals surface area contributed by atoms with E-state index in [1.54, 1.807) is 0 Å². The van der Waals surface area contributed by atoms with Crippen LogP contribution in [0.4, 0.5) is 0 Å². The SMILES string of the molecule is c1ccc(-n2c3ccccc3c3c2ccc2c4ccccc4n(-c4ccc(-c5ccc6c7ccccc7c7ccccc7c6c5)cc4)c23)cc1. The fourth-order valence-electron chi connectivity index (χ4n) is 8.52. The van der Waals surface area contributed by atoms with Crippen molar-refractivity contribution in [1.29, 1.82) is 0 Å². The van der Waals surface area contributed by atoms with Gasteiger partial charge in [0, 0.05) is 32.9 Å². The zero-order valence-electron chi connectivity index (χ0n) is 27.2. The Labute approximate surface area is 288 Å². The van der Waals surface area contributed by atoms with Crippen molar-refractivity contribution in [3.63, 3.8) is 0 Å². The van der Waals surface area contributed by atoms with Crippen molar-refractivity contribution >= 4 is 75.9 Å². The zero-order chi connectivity index (χ0) is 32.8. The Morgan fingerprint density at radius 3 is 1.42 bits per heavy atom. The molecule has 232 valence electrons. The van der Waals surface area contributed by atoms with Crippen LogP contribution in [0.15, 0.2) is 182 Å². The molecule has 0 unspecified atom stereocenters. The van der Waals surface area contributed by atoms with Crippen molar-refractivity contribution in [2.24, 2.45) is 0 Å². The predicted octanol–water partition coefficient (Wildman–Crippen LogP) is 13.0. The highest BCUT2D eigenvalue weighted by atomic mass is 15.0. The van der Waals surface area contributed by atoms with E-state index in [2.05, 4.69) is 191 Å². The van der Waals surface area contributed by atoms with Crippen LogP contribution in [-0.2, 0) is 0 Å². The third-order valence-electron chi connectivity index (χ3n) is 10.7. The van der Waals surface area contributed by atoms with Gasteiger partial charge in [-0.25, -0.2) is 0 Å². The Morgan fingerprint density at radius 1 is 0.260 bits per heavy atom. The molecule has 0 N–H and O–H groups in total. The maximum Gasteiger partial charge on any atom is 0.0641 e. The van der Waals surface area contributed by atoms with E-state index < -0.39 is 0 Å². The molecular formula is C48H30N2. The smallest absolute Gasteiger partial charge is 0.0641 e. The number of fused-ring (bicyclic) bond motifs is 13. The largest absolute Gasteiger partial charge is 0.309 e. The van der Waals surface area contributed by atoms with Gasteiger partial charge in [0.2, 0.25) is 0 Å². The lowest BCUT2D eigenvalue weighted by Crippen LogP contribution is -1.95. The van der Waals surface area contributed by atoms with Crippen molar-refractivity contribution in [1.82, 2.24) is 9.13 Å². The molecule has 0 atom stereocenters. The Bertz CT molecular complexity index is 3090. The molecule has 2 heteroatoms. The summed E-state index contributed by atoms with van der Waals surface area (Å²) in [6.45, 7) is 0. The standard InChI is InChI=1S/C48H30N2/c1-2-12-33(13-3-1)49-45-21-11-9-19-42(45)47-46(49)29-28-41-40-18-8-10-20-44(40)50(48(41)47)34-25-22-31(23-26-34)32-24-27-39-37-16-5-4-14-35(37)36-15-6-7-17-38(36)43(39)30-32/h1-30H. The van der Waals surface area contributed by atoms with Gasteiger partial charge >= 0.3 is 0 Å². The maximum atomic E-state index is 2.47. The van der Waals surface area contributed by atoms with E-state index in [4.69, 9.17) is 0 Å². The summed E-state index contributed by atoms with van der Waals surface area (Å²) in [6.07, 6.45) is 0. The summed E-state index contributed by atoms with van der Waals surface area (Å²) in [5.41, 5.74) is 9.63. The van der Waals surface area contributed by atoms with Gasteiger partial charge in [-0.05, 0) is 92.0 Å². The Morgan fingerprint density at radius 2 is 0.740 bits per heavy atom. The summed E-state index contributed by atoms with van der Waals surface area (Å²) in [6, 6.07) is 66.6. The Balaban J connectivity index is 1.14. The van der Waals surface area contributed by atoms with E-state index in [0.29, 0.717) is 0 Å².